The molecular formula is C24H28N2O4. The minimum Gasteiger partial charge on any atom is -0.481 e. The lowest BCUT2D eigenvalue weighted by atomic mass is 9.90. The summed E-state index contributed by atoms with van der Waals surface area (Å²) in [5.41, 5.74) is 3.60. The Labute approximate surface area is 176 Å². The zero-order valence-corrected chi connectivity index (χ0v) is 17.4. The highest BCUT2D eigenvalue weighted by Gasteiger charge is 2.32. The molecule has 3 rings (SSSR count). The minimum absolute atomic E-state index is 0.0493. The van der Waals surface area contributed by atoms with Gasteiger partial charge >= 0.3 is 5.97 Å². The Morgan fingerprint density at radius 1 is 1.20 bits per heavy atom. The number of aliphatic carboxylic acids is 1. The number of carbonyl (C=O) groups is 3. The normalized spacial score (nSPS) is 18.9. The average Bonchev–Trinajstić information content (AvgIpc) is 2.74. The third-order valence-corrected chi connectivity index (χ3v) is 5.69. The van der Waals surface area contributed by atoms with Crippen LogP contribution in [0.1, 0.15) is 62.6 Å². The smallest absolute Gasteiger partial charge is 0.310 e. The van der Waals surface area contributed by atoms with Crippen molar-refractivity contribution >= 4 is 29.5 Å². The van der Waals surface area contributed by atoms with Crippen molar-refractivity contribution in [2.75, 3.05) is 10.2 Å². The molecule has 1 aliphatic rings. The van der Waals surface area contributed by atoms with Crippen molar-refractivity contribution in [1.82, 2.24) is 0 Å². The van der Waals surface area contributed by atoms with Gasteiger partial charge in [-0.15, -0.1) is 0 Å². The van der Waals surface area contributed by atoms with Crippen LogP contribution in [0, 0.1) is 0 Å². The monoisotopic (exact) mass is 408 g/mol. The molecule has 2 aromatic carbocycles. The first-order chi connectivity index (χ1) is 14.5. The Hall–Kier alpha value is -3.15. The fourth-order valence-corrected chi connectivity index (χ4v) is 4.18. The largest absolute Gasteiger partial charge is 0.481 e. The molecule has 0 aromatic heterocycles. The number of carboxylic acids is 1. The first-order valence-corrected chi connectivity index (χ1v) is 10.4. The SMILES string of the molecule is CCC(=O)N1c2ccccc2[C@H](Nc2ccc(C(CCC=O)C(=O)O)cc2)C[C@@H]1C. The number of aldehydes is 1. The number of hydrogen-bond donors (Lipinski definition) is 2. The van der Waals surface area contributed by atoms with E-state index in [1.54, 1.807) is 12.1 Å². The van der Waals surface area contributed by atoms with E-state index in [-0.39, 0.29) is 24.4 Å². The van der Waals surface area contributed by atoms with Crippen LogP contribution in [-0.4, -0.2) is 29.3 Å². The molecule has 1 aliphatic heterocycles. The third kappa shape index (κ3) is 4.53. The zero-order chi connectivity index (χ0) is 21.7. The molecule has 0 radical (unpaired) electrons. The number of para-hydroxylation sites is 1. The molecule has 0 saturated carbocycles. The van der Waals surface area contributed by atoms with Gasteiger partial charge in [0.05, 0.1) is 12.0 Å². The molecule has 0 spiro atoms. The van der Waals surface area contributed by atoms with Gasteiger partial charge in [0.1, 0.15) is 6.29 Å². The maximum Gasteiger partial charge on any atom is 0.310 e. The zero-order valence-electron chi connectivity index (χ0n) is 17.4. The van der Waals surface area contributed by atoms with Gasteiger partial charge in [-0.3, -0.25) is 9.59 Å². The molecule has 0 fully saturated rings. The number of benzene rings is 2. The van der Waals surface area contributed by atoms with Gasteiger partial charge in [-0.05, 0) is 49.1 Å². The second kappa shape index (κ2) is 9.57. The molecular weight excluding hydrogens is 380 g/mol. The molecule has 2 N–H and O–H groups in total. The van der Waals surface area contributed by atoms with E-state index < -0.39 is 11.9 Å². The first-order valence-electron chi connectivity index (χ1n) is 10.4. The molecule has 1 heterocycles. The highest BCUT2D eigenvalue weighted by Crippen LogP contribution is 2.39. The van der Waals surface area contributed by atoms with Crippen LogP contribution in [0.4, 0.5) is 11.4 Å². The van der Waals surface area contributed by atoms with Crippen LogP contribution in [-0.2, 0) is 14.4 Å². The number of fused-ring (bicyclic) bond motifs is 1. The number of nitrogens with zero attached hydrogens (tertiary/aromatic N) is 1. The summed E-state index contributed by atoms with van der Waals surface area (Å²) in [5.74, 6) is -1.49. The Morgan fingerprint density at radius 3 is 2.53 bits per heavy atom. The van der Waals surface area contributed by atoms with Gasteiger partial charge in [-0.1, -0.05) is 37.3 Å². The Bertz CT molecular complexity index is 910. The van der Waals surface area contributed by atoms with E-state index in [1.165, 1.54) is 0 Å². The molecule has 30 heavy (non-hydrogen) atoms. The lowest BCUT2D eigenvalue weighted by Crippen LogP contribution is -2.44. The number of carboxylic acid groups (broad SMARTS) is 1. The summed E-state index contributed by atoms with van der Waals surface area (Å²) in [4.78, 5) is 36.5. The van der Waals surface area contributed by atoms with E-state index in [9.17, 15) is 19.5 Å². The molecule has 6 heteroatoms. The van der Waals surface area contributed by atoms with Crippen molar-refractivity contribution in [3.8, 4) is 0 Å². The number of anilines is 2. The maximum atomic E-state index is 12.5. The quantitative estimate of drug-likeness (QED) is 0.627. The van der Waals surface area contributed by atoms with Crippen molar-refractivity contribution in [2.45, 2.75) is 57.5 Å². The second-order valence-electron chi connectivity index (χ2n) is 7.71. The van der Waals surface area contributed by atoms with Crippen molar-refractivity contribution in [3.63, 3.8) is 0 Å². The third-order valence-electron chi connectivity index (χ3n) is 5.69. The Morgan fingerprint density at radius 2 is 1.90 bits per heavy atom. The summed E-state index contributed by atoms with van der Waals surface area (Å²) in [6, 6.07) is 15.4. The van der Waals surface area contributed by atoms with E-state index in [2.05, 4.69) is 12.2 Å². The summed E-state index contributed by atoms with van der Waals surface area (Å²) in [6.07, 6.45) is 2.51. The van der Waals surface area contributed by atoms with Crippen LogP contribution in [0.5, 0.6) is 0 Å². The summed E-state index contributed by atoms with van der Waals surface area (Å²) in [6.45, 7) is 3.94. The molecule has 1 amide bonds. The van der Waals surface area contributed by atoms with Gasteiger partial charge in [0, 0.05) is 30.3 Å². The van der Waals surface area contributed by atoms with Gasteiger partial charge < -0.3 is 20.1 Å². The van der Waals surface area contributed by atoms with Crippen LogP contribution in [0.25, 0.3) is 0 Å². The lowest BCUT2D eigenvalue weighted by molar-refractivity contribution is -0.139. The van der Waals surface area contributed by atoms with Gasteiger partial charge in [0.25, 0.3) is 0 Å². The Balaban J connectivity index is 1.81. The van der Waals surface area contributed by atoms with E-state index in [1.807, 2.05) is 48.2 Å². The molecule has 0 bridgehead atoms. The van der Waals surface area contributed by atoms with E-state index in [0.29, 0.717) is 18.4 Å². The maximum absolute atomic E-state index is 12.5. The van der Waals surface area contributed by atoms with Gasteiger partial charge in [0.2, 0.25) is 5.91 Å². The molecule has 1 unspecified atom stereocenters. The van der Waals surface area contributed by atoms with E-state index in [0.717, 1.165) is 29.6 Å². The molecule has 6 nitrogen and oxygen atoms in total. The fourth-order valence-electron chi connectivity index (χ4n) is 4.18. The van der Waals surface area contributed by atoms with Crippen LogP contribution < -0.4 is 10.2 Å². The number of amides is 1. The van der Waals surface area contributed by atoms with Crippen molar-refractivity contribution in [1.29, 1.82) is 0 Å². The Kier molecular flexibility index (Phi) is 6.87. The summed E-state index contributed by atoms with van der Waals surface area (Å²) < 4.78 is 0. The minimum atomic E-state index is -0.923. The molecule has 2 aromatic rings. The molecule has 158 valence electrons. The van der Waals surface area contributed by atoms with Crippen molar-refractivity contribution in [3.05, 3.63) is 59.7 Å². The topological polar surface area (TPSA) is 86.7 Å². The molecule has 3 atom stereocenters. The van der Waals surface area contributed by atoms with Crippen molar-refractivity contribution in [2.24, 2.45) is 0 Å². The lowest BCUT2D eigenvalue weighted by Gasteiger charge is -2.40. The van der Waals surface area contributed by atoms with E-state index >= 15 is 0 Å². The fraction of sp³-hybridized carbons (Fsp3) is 0.375. The standard InChI is InChI=1S/C24H28N2O4/c1-3-23(28)26-16(2)15-21(20-7-4-5-9-22(20)26)25-18-12-10-17(11-13-18)19(24(29)30)8-6-14-27/h4-5,7,9-14,16,19,21,25H,3,6,8,15H2,1-2H3,(H,29,30)/t16-,19?,21+/m0/s1. The van der Waals surface area contributed by atoms with Crippen LogP contribution in [0.15, 0.2) is 48.5 Å². The number of rotatable bonds is 8. The highest BCUT2D eigenvalue weighted by molar-refractivity contribution is 5.95. The number of nitrogens with one attached hydrogen (secondary N) is 1. The first kappa shape index (κ1) is 21.6. The summed E-state index contributed by atoms with van der Waals surface area (Å²) >= 11 is 0. The molecule has 0 saturated heterocycles. The van der Waals surface area contributed by atoms with Gasteiger partial charge in [-0.2, -0.15) is 0 Å². The second-order valence-corrected chi connectivity index (χ2v) is 7.71. The van der Waals surface area contributed by atoms with Gasteiger partial charge in [0.15, 0.2) is 0 Å². The summed E-state index contributed by atoms with van der Waals surface area (Å²) in [7, 11) is 0. The van der Waals surface area contributed by atoms with Crippen LogP contribution in [0.3, 0.4) is 0 Å². The van der Waals surface area contributed by atoms with Crippen molar-refractivity contribution < 1.29 is 19.5 Å². The highest BCUT2D eigenvalue weighted by atomic mass is 16.4. The average molecular weight is 408 g/mol. The van der Waals surface area contributed by atoms with Crippen LogP contribution >= 0.6 is 0 Å². The predicted octanol–water partition coefficient (Wildman–Crippen LogP) is 4.52. The van der Waals surface area contributed by atoms with Gasteiger partial charge in [-0.25, -0.2) is 0 Å². The van der Waals surface area contributed by atoms with E-state index in [4.69, 9.17) is 0 Å². The summed E-state index contributed by atoms with van der Waals surface area (Å²) in [5, 5.41) is 13.0. The number of carbonyl (C=O) groups excluding carboxylic acids is 2. The molecule has 0 aliphatic carbocycles. The number of hydrogen-bond acceptors (Lipinski definition) is 4. The van der Waals surface area contributed by atoms with Crippen LogP contribution in [0.2, 0.25) is 0 Å². The predicted molar refractivity (Wildman–Crippen MR) is 117 cm³/mol.